The summed E-state index contributed by atoms with van der Waals surface area (Å²) in [7, 11) is 1.63. The summed E-state index contributed by atoms with van der Waals surface area (Å²) < 4.78 is 6.20. The van der Waals surface area contributed by atoms with Crippen molar-refractivity contribution < 1.29 is 9.53 Å². The van der Waals surface area contributed by atoms with Crippen molar-refractivity contribution in [2.24, 2.45) is 10.2 Å². The smallest absolute Gasteiger partial charge is 0.242 e. The molecule has 3 rings (SSSR count). The number of amides is 1. The monoisotopic (exact) mass is 445 g/mol. The van der Waals surface area contributed by atoms with E-state index in [-0.39, 0.29) is 11.2 Å². The molecule has 27 heavy (non-hydrogen) atoms. The molecule has 0 aromatic heterocycles. The fraction of sp³-hybridized carbons (Fsp3) is 0.250. The zero-order chi connectivity index (χ0) is 19.2. The van der Waals surface area contributed by atoms with Gasteiger partial charge in [0, 0.05) is 4.47 Å². The molecule has 2 aromatic carbocycles. The third kappa shape index (κ3) is 4.99. The average Bonchev–Trinajstić information content (AvgIpc) is 2.99. The lowest BCUT2D eigenvalue weighted by atomic mass is 10.2. The first-order chi connectivity index (χ1) is 13.1. The molecule has 0 saturated carbocycles. The Kier molecular flexibility index (Phi) is 6.68. The summed E-state index contributed by atoms with van der Waals surface area (Å²) in [5.41, 5.74) is 1.97. The van der Waals surface area contributed by atoms with Gasteiger partial charge in [-0.15, -0.1) is 5.10 Å². The highest BCUT2D eigenvalue weighted by molar-refractivity contribution is 9.10. The second-order valence-electron chi connectivity index (χ2n) is 5.97. The molecule has 1 aliphatic rings. The van der Waals surface area contributed by atoms with Crippen molar-refractivity contribution in [1.29, 1.82) is 0 Å². The summed E-state index contributed by atoms with van der Waals surface area (Å²) in [5, 5.41) is 9.04. The van der Waals surface area contributed by atoms with Crippen LogP contribution in [0.1, 0.15) is 24.5 Å². The van der Waals surface area contributed by atoms with Gasteiger partial charge >= 0.3 is 0 Å². The van der Waals surface area contributed by atoms with E-state index in [9.17, 15) is 4.79 Å². The Hall–Kier alpha value is -2.12. The van der Waals surface area contributed by atoms with E-state index in [4.69, 9.17) is 4.74 Å². The molecule has 140 valence electrons. The Labute approximate surface area is 171 Å². The van der Waals surface area contributed by atoms with E-state index in [2.05, 4.69) is 26.1 Å². The topological polar surface area (TPSA) is 54.3 Å². The number of hydrogen-bond donors (Lipinski definition) is 0. The molecule has 1 heterocycles. The number of ether oxygens (including phenoxy) is 1. The fourth-order valence-electron chi connectivity index (χ4n) is 2.60. The van der Waals surface area contributed by atoms with Gasteiger partial charge in [-0.25, -0.2) is 0 Å². The second kappa shape index (κ2) is 9.19. The normalized spacial score (nSPS) is 18.6. The molecule has 5 nitrogen and oxygen atoms in total. The average molecular weight is 446 g/mol. The third-order valence-corrected chi connectivity index (χ3v) is 5.97. The van der Waals surface area contributed by atoms with Crippen molar-refractivity contribution in [3.8, 4) is 5.75 Å². The lowest BCUT2D eigenvalue weighted by Gasteiger charge is -2.16. The number of thioether (sulfide) groups is 1. The molecule has 0 bridgehead atoms. The second-order valence-corrected chi connectivity index (χ2v) is 8.05. The van der Waals surface area contributed by atoms with Crippen LogP contribution in [0.15, 0.2) is 63.2 Å². The summed E-state index contributed by atoms with van der Waals surface area (Å²) in [4.78, 5) is 14.4. The molecule has 1 saturated heterocycles. The molecule has 0 aliphatic carbocycles. The molecule has 1 amide bonds. The highest BCUT2D eigenvalue weighted by atomic mass is 79.9. The van der Waals surface area contributed by atoms with Gasteiger partial charge in [0.25, 0.3) is 0 Å². The van der Waals surface area contributed by atoms with Gasteiger partial charge in [0.2, 0.25) is 5.91 Å². The van der Waals surface area contributed by atoms with E-state index >= 15 is 0 Å². The molecule has 1 unspecified atom stereocenters. The van der Waals surface area contributed by atoms with Crippen LogP contribution in [0.3, 0.4) is 0 Å². The van der Waals surface area contributed by atoms with E-state index in [1.807, 2.05) is 55.5 Å². The van der Waals surface area contributed by atoms with Crippen molar-refractivity contribution in [2.75, 3.05) is 7.11 Å². The van der Waals surface area contributed by atoms with Crippen molar-refractivity contribution in [2.45, 2.75) is 25.1 Å². The summed E-state index contributed by atoms with van der Waals surface area (Å²) in [5.74, 6) is 0.871. The predicted molar refractivity (Wildman–Crippen MR) is 114 cm³/mol. The Balaban J connectivity index is 1.77. The largest absolute Gasteiger partial charge is 0.497 e. The number of carbonyl (C=O) groups excluding carboxylic acids is 1. The molecule has 1 fully saturated rings. The minimum atomic E-state index is -0.107. The molecule has 0 radical (unpaired) electrons. The Morgan fingerprint density at radius 2 is 1.89 bits per heavy atom. The summed E-state index contributed by atoms with van der Waals surface area (Å²) in [6.45, 7) is 2.48. The van der Waals surface area contributed by atoms with E-state index in [0.717, 1.165) is 27.8 Å². The van der Waals surface area contributed by atoms with Gasteiger partial charge in [-0.1, -0.05) is 58.9 Å². The van der Waals surface area contributed by atoms with Crippen molar-refractivity contribution >= 4 is 45.0 Å². The lowest BCUT2D eigenvalue weighted by molar-refractivity contribution is -0.126. The van der Waals surface area contributed by atoms with Crippen LogP contribution in [0.5, 0.6) is 5.75 Å². The van der Waals surface area contributed by atoms with Crippen LogP contribution in [0.4, 0.5) is 0 Å². The zero-order valence-corrected chi connectivity index (χ0v) is 17.5. The number of hydrogen-bond acceptors (Lipinski definition) is 5. The number of amidine groups is 1. The van der Waals surface area contributed by atoms with Gasteiger partial charge in [-0.3, -0.25) is 9.69 Å². The summed E-state index contributed by atoms with van der Waals surface area (Å²) in [6.07, 6.45) is 2.45. The van der Waals surface area contributed by atoms with Crippen LogP contribution in [0.25, 0.3) is 0 Å². The van der Waals surface area contributed by atoms with E-state index in [1.165, 1.54) is 11.8 Å². The van der Waals surface area contributed by atoms with Crippen molar-refractivity contribution in [3.63, 3.8) is 0 Å². The third-order valence-electron chi connectivity index (χ3n) is 4.11. The molecule has 1 atom stereocenters. The first kappa shape index (κ1) is 19.6. The maximum Gasteiger partial charge on any atom is 0.242 e. The highest BCUT2D eigenvalue weighted by Gasteiger charge is 2.36. The van der Waals surface area contributed by atoms with Crippen molar-refractivity contribution in [1.82, 2.24) is 4.90 Å². The van der Waals surface area contributed by atoms with E-state index < -0.39 is 0 Å². The quantitative estimate of drug-likeness (QED) is 0.478. The van der Waals surface area contributed by atoms with Crippen LogP contribution in [0, 0.1) is 0 Å². The molecule has 0 spiro atoms. The first-order valence-corrected chi connectivity index (χ1v) is 10.3. The number of benzene rings is 2. The van der Waals surface area contributed by atoms with E-state index in [0.29, 0.717) is 11.7 Å². The molecule has 1 aliphatic heterocycles. The molecule has 7 heteroatoms. The van der Waals surface area contributed by atoms with Gasteiger partial charge in [0.15, 0.2) is 5.17 Å². The van der Waals surface area contributed by atoms with Gasteiger partial charge in [0.05, 0.1) is 25.1 Å². The Bertz CT molecular complexity index is 851. The predicted octanol–water partition coefficient (Wildman–Crippen LogP) is 4.70. The zero-order valence-electron chi connectivity index (χ0n) is 15.1. The Morgan fingerprint density at radius 1 is 1.19 bits per heavy atom. The standard InChI is InChI=1S/C20H20BrN3O2S/c1-3-18-19(25)24(13-15-6-10-17(26-2)11-7-15)20(27-18)23-22-12-14-4-8-16(21)9-5-14/h4-12,18H,3,13H2,1-2H3/b22-12+,23-20+. The van der Waals surface area contributed by atoms with Gasteiger partial charge < -0.3 is 4.74 Å². The number of carbonyl (C=O) groups is 1. The SMILES string of the molecule is CCC1S/C(=N/N=C/c2ccc(Br)cc2)N(Cc2ccc(OC)cc2)C1=O. The Morgan fingerprint density at radius 3 is 2.52 bits per heavy atom. The van der Waals surface area contributed by atoms with Gasteiger partial charge in [-0.2, -0.15) is 5.10 Å². The van der Waals surface area contributed by atoms with Crippen LogP contribution < -0.4 is 4.74 Å². The summed E-state index contributed by atoms with van der Waals surface area (Å²) >= 11 is 4.88. The fourth-order valence-corrected chi connectivity index (χ4v) is 3.89. The molecular formula is C20H20BrN3O2S. The number of rotatable bonds is 6. The van der Waals surface area contributed by atoms with Crippen LogP contribution in [0.2, 0.25) is 0 Å². The number of halogens is 1. The van der Waals surface area contributed by atoms with Crippen LogP contribution >= 0.6 is 27.7 Å². The van der Waals surface area contributed by atoms with Crippen molar-refractivity contribution in [3.05, 3.63) is 64.1 Å². The van der Waals surface area contributed by atoms with E-state index in [1.54, 1.807) is 18.2 Å². The minimum absolute atomic E-state index is 0.0795. The lowest BCUT2D eigenvalue weighted by Crippen LogP contribution is -2.31. The highest BCUT2D eigenvalue weighted by Crippen LogP contribution is 2.31. The van der Waals surface area contributed by atoms with Gasteiger partial charge in [-0.05, 0) is 41.8 Å². The van der Waals surface area contributed by atoms with Gasteiger partial charge in [0.1, 0.15) is 5.75 Å². The van der Waals surface area contributed by atoms with Crippen LogP contribution in [-0.4, -0.2) is 34.5 Å². The number of methoxy groups -OCH3 is 1. The maximum absolute atomic E-state index is 12.7. The molecular weight excluding hydrogens is 426 g/mol. The first-order valence-electron chi connectivity index (χ1n) is 8.58. The number of nitrogens with zero attached hydrogens (tertiary/aromatic N) is 3. The minimum Gasteiger partial charge on any atom is -0.497 e. The van der Waals surface area contributed by atoms with Crippen LogP contribution in [-0.2, 0) is 11.3 Å². The molecule has 2 aromatic rings. The molecule has 0 N–H and O–H groups in total. The summed E-state index contributed by atoms with van der Waals surface area (Å²) in [6, 6.07) is 15.5. The maximum atomic E-state index is 12.7.